The maximum absolute atomic E-state index is 12.2. The molecule has 22 heavy (non-hydrogen) atoms. The summed E-state index contributed by atoms with van der Waals surface area (Å²) in [7, 11) is 1.43. The highest BCUT2D eigenvalue weighted by molar-refractivity contribution is 6.09. The van der Waals surface area contributed by atoms with Crippen LogP contribution in [0.15, 0.2) is 24.4 Å². The lowest BCUT2D eigenvalue weighted by atomic mass is 10.1. The number of aromatic carboxylic acids is 1. The van der Waals surface area contributed by atoms with Gasteiger partial charge in [-0.15, -0.1) is 0 Å². The van der Waals surface area contributed by atoms with E-state index in [0.717, 1.165) is 10.9 Å². The molecule has 0 unspecified atom stereocenters. The lowest BCUT2D eigenvalue weighted by Crippen LogP contribution is -2.20. The van der Waals surface area contributed by atoms with E-state index in [-0.39, 0.29) is 22.6 Å². The van der Waals surface area contributed by atoms with Crippen molar-refractivity contribution in [3.63, 3.8) is 0 Å². The zero-order chi connectivity index (χ0) is 16.4. The van der Waals surface area contributed by atoms with Crippen LogP contribution in [-0.2, 0) is 7.05 Å². The summed E-state index contributed by atoms with van der Waals surface area (Å²) in [6.07, 6.45) is 1.07. The van der Waals surface area contributed by atoms with Crippen molar-refractivity contribution in [1.29, 1.82) is 0 Å². The monoisotopic (exact) mass is 304 g/mol. The van der Waals surface area contributed by atoms with Crippen LogP contribution < -0.4 is 5.32 Å². The number of anilines is 1. The number of aryl methyl sites for hydroxylation is 2. The van der Waals surface area contributed by atoms with Gasteiger partial charge in [0.1, 0.15) is 11.3 Å². The maximum Gasteiger partial charge on any atom is 0.339 e. The number of rotatable bonds is 4. The number of nitrogens with zero attached hydrogens (tertiary/aromatic N) is 3. The number of carbonyl (C=O) groups excluding carboxylic acids is 1. The van der Waals surface area contributed by atoms with Crippen LogP contribution in [0.25, 0.3) is 0 Å². The minimum atomic E-state index is -1.28. The molecule has 0 aliphatic rings. The van der Waals surface area contributed by atoms with Crippen molar-refractivity contribution in [3.05, 3.63) is 51.3 Å². The third-order valence-corrected chi connectivity index (χ3v) is 3.06. The van der Waals surface area contributed by atoms with E-state index in [2.05, 4.69) is 10.4 Å². The summed E-state index contributed by atoms with van der Waals surface area (Å²) in [5, 5.41) is 26.0. The Balaban J connectivity index is 2.38. The van der Waals surface area contributed by atoms with E-state index in [9.17, 15) is 19.7 Å². The number of carboxylic acid groups (broad SMARTS) is 1. The fourth-order valence-corrected chi connectivity index (χ4v) is 1.90. The molecule has 2 rings (SSSR count). The number of non-ortho nitro benzene ring substituents is 1. The Kier molecular flexibility index (Phi) is 3.89. The van der Waals surface area contributed by atoms with Crippen molar-refractivity contribution in [2.75, 3.05) is 5.32 Å². The molecule has 0 saturated heterocycles. The van der Waals surface area contributed by atoms with Crippen LogP contribution >= 0.6 is 0 Å². The van der Waals surface area contributed by atoms with Gasteiger partial charge in [-0.25, -0.2) is 4.79 Å². The third kappa shape index (κ3) is 2.77. The van der Waals surface area contributed by atoms with Crippen LogP contribution in [0, 0.1) is 17.0 Å². The number of nitro groups is 1. The van der Waals surface area contributed by atoms with E-state index >= 15 is 0 Å². The zero-order valence-electron chi connectivity index (χ0n) is 11.7. The summed E-state index contributed by atoms with van der Waals surface area (Å²) in [4.78, 5) is 33.5. The molecular formula is C13H12N4O5. The van der Waals surface area contributed by atoms with Crippen molar-refractivity contribution >= 4 is 23.3 Å². The lowest BCUT2D eigenvalue weighted by molar-refractivity contribution is -0.384. The van der Waals surface area contributed by atoms with E-state index in [4.69, 9.17) is 5.11 Å². The highest BCUT2D eigenvalue weighted by Gasteiger charge is 2.22. The largest absolute Gasteiger partial charge is 0.478 e. The summed E-state index contributed by atoms with van der Waals surface area (Å²) >= 11 is 0. The molecule has 0 atom stereocenters. The van der Waals surface area contributed by atoms with Gasteiger partial charge in [-0.1, -0.05) is 6.07 Å². The van der Waals surface area contributed by atoms with Crippen LogP contribution in [-0.4, -0.2) is 31.7 Å². The van der Waals surface area contributed by atoms with Crippen LogP contribution in [0.5, 0.6) is 0 Å². The van der Waals surface area contributed by atoms with Crippen LogP contribution in [0.1, 0.15) is 26.4 Å². The average Bonchev–Trinajstić information content (AvgIpc) is 2.83. The third-order valence-electron chi connectivity index (χ3n) is 3.06. The van der Waals surface area contributed by atoms with Gasteiger partial charge >= 0.3 is 5.97 Å². The molecular weight excluding hydrogens is 292 g/mol. The number of benzene rings is 1. The first-order valence-electron chi connectivity index (χ1n) is 6.13. The molecule has 0 radical (unpaired) electrons. The molecule has 1 amide bonds. The molecule has 0 bridgehead atoms. The second kappa shape index (κ2) is 5.64. The van der Waals surface area contributed by atoms with E-state index < -0.39 is 16.8 Å². The number of nitrogens with one attached hydrogen (secondary N) is 1. The van der Waals surface area contributed by atoms with Crippen molar-refractivity contribution in [2.45, 2.75) is 6.92 Å². The second-order valence-electron chi connectivity index (χ2n) is 4.55. The van der Waals surface area contributed by atoms with Gasteiger partial charge in [0, 0.05) is 19.2 Å². The van der Waals surface area contributed by atoms with Gasteiger partial charge in [0.25, 0.3) is 11.6 Å². The van der Waals surface area contributed by atoms with Crippen LogP contribution in [0.2, 0.25) is 0 Å². The highest BCUT2D eigenvalue weighted by atomic mass is 16.6. The highest BCUT2D eigenvalue weighted by Crippen LogP contribution is 2.22. The van der Waals surface area contributed by atoms with Crippen LogP contribution in [0.3, 0.4) is 0 Å². The zero-order valence-corrected chi connectivity index (χ0v) is 11.7. The molecule has 9 nitrogen and oxygen atoms in total. The fraction of sp³-hybridized carbons (Fsp3) is 0.154. The number of carbonyl (C=O) groups is 2. The van der Waals surface area contributed by atoms with E-state index in [1.165, 1.54) is 25.2 Å². The van der Waals surface area contributed by atoms with Gasteiger partial charge in [0.05, 0.1) is 16.8 Å². The number of carboxylic acids is 1. The Hall–Kier alpha value is -3.23. The normalized spacial score (nSPS) is 10.3. The molecule has 1 heterocycles. The molecule has 9 heteroatoms. The standard InChI is InChI=1S/C13H12N4O5/c1-7-3-4-8(17(21)22)5-10(7)15-12(18)11-9(13(19)20)6-14-16(11)2/h3-6H,1-2H3,(H,15,18)(H,19,20). The Morgan fingerprint density at radius 2 is 2.09 bits per heavy atom. The van der Waals surface area contributed by atoms with E-state index in [1.807, 2.05) is 0 Å². The molecule has 114 valence electrons. The number of aromatic nitrogens is 2. The van der Waals surface area contributed by atoms with Crippen molar-refractivity contribution in [3.8, 4) is 0 Å². The van der Waals surface area contributed by atoms with Gasteiger partial charge in [-0.2, -0.15) is 5.10 Å². The number of hydrogen-bond donors (Lipinski definition) is 2. The first-order valence-corrected chi connectivity index (χ1v) is 6.13. The Morgan fingerprint density at radius 1 is 1.41 bits per heavy atom. The number of amides is 1. The lowest BCUT2D eigenvalue weighted by Gasteiger charge is -2.09. The topological polar surface area (TPSA) is 127 Å². The Bertz CT molecular complexity index is 781. The predicted octanol–water partition coefficient (Wildman–Crippen LogP) is 1.59. The molecule has 0 aliphatic heterocycles. The Labute approximate surface area is 124 Å². The van der Waals surface area contributed by atoms with Gasteiger partial charge in [-0.3, -0.25) is 19.6 Å². The summed E-state index contributed by atoms with van der Waals surface area (Å²) in [6.45, 7) is 1.67. The Morgan fingerprint density at radius 3 is 2.68 bits per heavy atom. The molecule has 1 aromatic heterocycles. The second-order valence-corrected chi connectivity index (χ2v) is 4.55. The summed E-state index contributed by atoms with van der Waals surface area (Å²) in [5.74, 6) is -1.99. The molecule has 1 aromatic carbocycles. The quantitative estimate of drug-likeness (QED) is 0.652. The molecule has 0 saturated carbocycles. The van der Waals surface area contributed by atoms with E-state index in [0.29, 0.717) is 5.56 Å². The van der Waals surface area contributed by atoms with Crippen molar-refractivity contribution < 1.29 is 19.6 Å². The fourth-order valence-electron chi connectivity index (χ4n) is 1.90. The van der Waals surface area contributed by atoms with Crippen molar-refractivity contribution in [1.82, 2.24) is 9.78 Å². The van der Waals surface area contributed by atoms with E-state index in [1.54, 1.807) is 6.92 Å². The summed E-state index contributed by atoms with van der Waals surface area (Å²) < 4.78 is 1.13. The summed E-state index contributed by atoms with van der Waals surface area (Å²) in [6, 6.07) is 4.02. The first kappa shape index (κ1) is 15.2. The van der Waals surface area contributed by atoms with Gasteiger partial charge in [0.15, 0.2) is 0 Å². The minimum absolute atomic E-state index is 0.140. The van der Waals surface area contributed by atoms with Gasteiger partial charge < -0.3 is 10.4 Å². The molecule has 0 aliphatic carbocycles. The predicted molar refractivity (Wildman–Crippen MR) is 76.0 cm³/mol. The number of nitro benzene ring substituents is 1. The first-order chi connectivity index (χ1) is 10.3. The van der Waals surface area contributed by atoms with Gasteiger partial charge in [-0.05, 0) is 12.5 Å². The van der Waals surface area contributed by atoms with Crippen molar-refractivity contribution in [2.24, 2.45) is 7.05 Å². The smallest absolute Gasteiger partial charge is 0.339 e. The summed E-state index contributed by atoms with van der Waals surface area (Å²) in [5.41, 5.74) is 0.278. The minimum Gasteiger partial charge on any atom is -0.478 e. The molecule has 0 spiro atoms. The molecule has 0 fully saturated rings. The molecule has 2 N–H and O–H groups in total. The average molecular weight is 304 g/mol. The number of hydrogen-bond acceptors (Lipinski definition) is 5. The maximum atomic E-state index is 12.2. The van der Waals surface area contributed by atoms with Crippen LogP contribution in [0.4, 0.5) is 11.4 Å². The van der Waals surface area contributed by atoms with Gasteiger partial charge in [0.2, 0.25) is 0 Å². The SMILES string of the molecule is Cc1ccc([N+](=O)[O-])cc1NC(=O)c1c(C(=O)O)cnn1C. The molecule has 2 aromatic rings.